The molecule has 1 fully saturated rings. The van der Waals surface area contributed by atoms with Crippen LogP contribution in [0.4, 0.5) is 0 Å². The first-order valence-electron chi connectivity index (χ1n) is 6.93. The molecule has 0 aliphatic carbocycles. The lowest BCUT2D eigenvalue weighted by Crippen LogP contribution is -2.44. The van der Waals surface area contributed by atoms with Crippen LogP contribution in [0.15, 0.2) is 0 Å². The van der Waals surface area contributed by atoms with Crippen molar-refractivity contribution in [3.8, 4) is 0 Å². The fraction of sp³-hybridized carbons (Fsp3) is 1.00. The Kier molecular flexibility index (Phi) is 7.81. The molecule has 0 saturated carbocycles. The van der Waals surface area contributed by atoms with E-state index in [1.165, 1.54) is 65.1 Å². The average molecular weight is 227 g/mol. The molecular weight excluding hydrogens is 198 g/mol. The summed E-state index contributed by atoms with van der Waals surface area (Å²) in [5.41, 5.74) is 0. The molecule has 0 aromatic carbocycles. The zero-order valence-electron chi connectivity index (χ0n) is 11.1. The van der Waals surface area contributed by atoms with Gasteiger partial charge in [0.15, 0.2) is 0 Å². The second-order valence-electron chi connectivity index (χ2n) is 5.23. The molecule has 96 valence electrons. The standard InChI is InChI=1S/C13H29N3/c1-13(2)5-3-6-14-7-4-10-16-11-8-15-9-12-16/h13-15H,3-12H2,1-2H3. The summed E-state index contributed by atoms with van der Waals surface area (Å²) in [7, 11) is 0. The summed E-state index contributed by atoms with van der Waals surface area (Å²) in [6, 6.07) is 0. The van der Waals surface area contributed by atoms with Crippen molar-refractivity contribution >= 4 is 0 Å². The highest BCUT2D eigenvalue weighted by Crippen LogP contribution is 2.01. The van der Waals surface area contributed by atoms with E-state index in [4.69, 9.17) is 0 Å². The van der Waals surface area contributed by atoms with Crippen LogP contribution in [-0.4, -0.2) is 50.7 Å². The summed E-state index contributed by atoms with van der Waals surface area (Å²) in [5, 5.41) is 6.92. The fourth-order valence-electron chi connectivity index (χ4n) is 2.12. The van der Waals surface area contributed by atoms with Crippen LogP contribution in [0.1, 0.15) is 33.1 Å². The van der Waals surface area contributed by atoms with E-state index < -0.39 is 0 Å². The molecule has 16 heavy (non-hydrogen) atoms. The molecule has 0 amide bonds. The van der Waals surface area contributed by atoms with Gasteiger partial charge in [-0.15, -0.1) is 0 Å². The quantitative estimate of drug-likeness (QED) is 0.612. The third kappa shape index (κ3) is 7.20. The highest BCUT2D eigenvalue weighted by molar-refractivity contribution is 4.67. The summed E-state index contributed by atoms with van der Waals surface area (Å²) < 4.78 is 0. The summed E-state index contributed by atoms with van der Waals surface area (Å²) in [5.74, 6) is 0.850. The minimum absolute atomic E-state index is 0.850. The second kappa shape index (κ2) is 8.97. The van der Waals surface area contributed by atoms with E-state index >= 15 is 0 Å². The molecule has 1 aliphatic rings. The van der Waals surface area contributed by atoms with Crippen molar-refractivity contribution in [1.29, 1.82) is 0 Å². The topological polar surface area (TPSA) is 27.3 Å². The zero-order valence-corrected chi connectivity index (χ0v) is 11.1. The number of hydrogen-bond donors (Lipinski definition) is 2. The Morgan fingerprint density at radius 3 is 2.50 bits per heavy atom. The molecule has 1 saturated heterocycles. The minimum Gasteiger partial charge on any atom is -0.317 e. The lowest BCUT2D eigenvalue weighted by molar-refractivity contribution is 0.237. The van der Waals surface area contributed by atoms with Crippen LogP contribution in [0, 0.1) is 5.92 Å². The van der Waals surface area contributed by atoms with E-state index in [0.717, 1.165) is 5.92 Å². The van der Waals surface area contributed by atoms with E-state index in [1.807, 2.05) is 0 Å². The normalized spacial score (nSPS) is 18.2. The Bertz CT molecular complexity index is 153. The van der Waals surface area contributed by atoms with Gasteiger partial charge in [-0.2, -0.15) is 0 Å². The van der Waals surface area contributed by atoms with Gasteiger partial charge in [0.25, 0.3) is 0 Å². The molecule has 0 radical (unpaired) electrons. The van der Waals surface area contributed by atoms with Crippen molar-refractivity contribution in [3.63, 3.8) is 0 Å². The van der Waals surface area contributed by atoms with Gasteiger partial charge in [-0.25, -0.2) is 0 Å². The van der Waals surface area contributed by atoms with Gasteiger partial charge < -0.3 is 15.5 Å². The van der Waals surface area contributed by atoms with Crippen LogP contribution >= 0.6 is 0 Å². The second-order valence-corrected chi connectivity index (χ2v) is 5.23. The first-order valence-corrected chi connectivity index (χ1v) is 6.93. The first kappa shape index (κ1) is 13.9. The third-order valence-corrected chi connectivity index (χ3v) is 3.17. The molecule has 0 unspecified atom stereocenters. The number of hydrogen-bond acceptors (Lipinski definition) is 3. The van der Waals surface area contributed by atoms with Crippen molar-refractivity contribution in [2.75, 3.05) is 45.8 Å². The number of rotatable bonds is 8. The Labute approximate surface area is 101 Å². The van der Waals surface area contributed by atoms with Crippen molar-refractivity contribution in [2.24, 2.45) is 5.92 Å². The summed E-state index contributed by atoms with van der Waals surface area (Å²) in [6.07, 6.45) is 3.97. The van der Waals surface area contributed by atoms with Gasteiger partial charge in [-0.3, -0.25) is 0 Å². The van der Waals surface area contributed by atoms with Crippen LogP contribution in [-0.2, 0) is 0 Å². The van der Waals surface area contributed by atoms with Crippen molar-refractivity contribution in [2.45, 2.75) is 33.1 Å². The van der Waals surface area contributed by atoms with Crippen molar-refractivity contribution < 1.29 is 0 Å². The lowest BCUT2D eigenvalue weighted by Gasteiger charge is -2.27. The SMILES string of the molecule is CC(C)CCCNCCCN1CCNCC1. The molecule has 1 rings (SSSR count). The van der Waals surface area contributed by atoms with E-state index in [2.05, 4.69) is 29.4 Å². The van der Waals surface area contributed by atoms with Gasteiger partial charge in [0.05, 0.1) is 0 Å². The number of piperazine rings is 1. The molecule has 3 heteroatoms. The Morgan fingerprint density at radius 2 is 1.81 bits per heavy atom. The summed E-state index contributed by atoms with van der Waals surface area (Å²) >= 11 is 0. The molecule has 1 heterocycles. The maximum Gasteiger partial charge on any atom is 0.0107 e. The van der Waals surface area contributed by atoms with Gasteiger partial charge in [-0.05, 0) is 44.8 Å². The number of nitrogens with one attached hydrogen (secondary N) is 2. The Morgan fingerprint density at radius 1 is 1.12 bits per heavy atom. The van der Waals surface area contributed by atoms with Gasteiger partial charge in [0.1, 0.15) is 0 Å². The Balaban J connectivity index is 1.80. The van der Waals surface area contributed by atoms with Crippen molar-refractivity contribution in [3.05, 3.63) is 0 Å². The zero-order chi connectivity index (χ0) is 11.6. The van der Waals surface area contributed by atoms with Gasteiger partial charge in [0.2, 0.25) is 0 Å². The van der Waals surface area contributed by atoms with Crippen LogP contribution in [0.5, 0.6) is 0 Å². The van der Waals surface area contributed by atoms with E-state index in [9.17, 15) is 0 Å². The van der Waals surface area contributed by atoms with E-state index in [-0.39, 0.29) is 0 Å². The van der Waals surface area contributed by atoms with E-state index in [1.54, 1.807) is 0 Å². The van der Waals surface area contributed by atoms with Gasteiger partial charge >= 0.3 is 0 Å². The predicted molar refractivity (Wildman–Crippen MR) is 70.9 cm³/mol. The fourth-order valence-corrected chi connectivity index (χ4v) is 2.12. The molecule has 3 nitrogen and oxygen atoms in total. The lowest BCUT2D eigenvalue weighted by atomic mass is 10.1. The molecule has 0 atom stereocenters. The minimum atomic E-state index is 0.850. The van der Waals surface area contributed by atoms with Crippen LogP contribution in [0.2, 0.25) is 0 Å². The molecule has 1 aliphatic heterocycles. The van der Waals surface area contributed by atoms with Gasteiger partial charge in [0, 0.05) is 26.2 Å². The summed E-state index contributed by atoms with van der Waals surface area (Å²) in [4.78, 5) is 2.56. The molecule has 0 bridgehead atoms. The maximum absolute atomic E-state index is 3.54. The largest absolute Gasteiger partial charge is 0.317 e. The van der Waals surface area contributed by atoms with Crippen LogP contribution in [0.25, 0.3) is 0 Å². The molecule has 0 aromatic rings. The van der Waals surface area contributed by atoms with Crippen LogP contribution in [0.3, 0.4) is 0 Å². The first-order chi connectivity index (χ1) is 7.79. The Hall–Kier alpha value is -0.120. The predicted octanol–water partition coefficient (Wildman–Crippen LogP) is 1.31. The highest BCUT2D eigenvalue weighted by Gasteiger charge is 2.07. The highest BCUT2D eigenvalue weighted by atomic mass is 15.2. The maximum atomic E-state index is 3.54. The molecule has 0 spiro atoms. The van der Waals surface area contributed by atoms with Crippen LogP contribution < -0.4 is 10.6 Å². The van der Waals surface area contributed by atoms with E-state index in [0.29, 0.717) is 0 Å². The van der Waals surface area contributed by atoms with Crippen molar-refractivity contribution in [1.82, 2.24) is 15.5 Å². The molecule has 2 N–H and O–H groups in total. The summed E-state index contributed by atoms with van der Waals surface area (Å²) in [6.45, 7) is 13.0. The monoisotopic (exact) mass is 227 g/mol. The third-order valence-electron chi connectivity index (χ3n) is 3.17. The molecular formula is C13H29N3. The average Bonchev–Trinajstić information content (AvgIpc) is 2.29. The van der Waals surface area contributed by atoms with Gasteiger partial charge in [-0.1, -0.05) is 13.8 Å². The molecule has 0 aromatic heterocycles. The number of nitrogens with zero attached hydrogens (tertiary/aromatic N) is 1. The smallest absolute Gasteiger partial charge is 0.0107 e.